The van der Waals surface area contributed by atoms with Crippen molar-refractivity contribution in [1.82, 2.24) is 0 Å². The second kappa shape index (κ2) is 13.2. The summed E-state index contributed by atoms with van der Waals surface area (Å²) in [4.78, 5) is 13.9. The van der Waals surface area contributed by atoms with Gasteiger partial charge in [-0.25, -0.2) is 0 Å². The predicted octanol–water partition coefficient (Wildman–Crippen LogP) is 8.39. The van der Waals surface area contributed by atoms with Crippen molar-refractivity contribution in [3.05, 3.63) is 107 Å². The fourth-order valence-corrected chi connectivity index (χ4v) is 6.15. The Kier molecular flexibility index (Phi) is 9.19. The van der Waals surface area contributed by atoms with Crippen molar-refractivity contribution >= 4 is 30.6 Å². The number of methoxy groups -OCH3 is 2. The van der Waals surface area contributed by atoms with Gasteiger partial charge in [-0.1, -0.05) is 48.2 Å². The molecule has 222 valence electrons. The van der Waals surface area contributed by atoms with Gasteiger partial charge in [0.15, 0.2) is 22.0 Å². The van der Waals surface area contributed by atoms with Gasteiger partial charge in [0.2, 0.25) is 5.75 Å². The minimum Gasteiger partial charge on any atom is -0.492 e. The topological polar surface area (TPSA) is 103 Å². The minimum atomic E-state index is -4.13. The first-order valence-electron chi connectivity index (χ1n) is 13.2. The van der Waals surface area contributed by atoms with Gasteiger partial charge in [-0.3, -0.25) is 4.79 Å². The summed E-state index contributed by atoms with van der Waals surface area (Å²) >= 11 is 1.23. The van der Waals surface area contributed by atoms with Crippen LogP contribution in [0.5, 0.6) is 34.5 Å². The van der Waals surface area contributed by atoms with E-state index in [1.54, 1.807) is 78.9 Å². The van der Waals surface area contributed by atoms with Gasteiger partial charge in [-0.05, 0) is 62.4 Å². The van der Waals surface area contributed by atoms with Gasteiger partial charge in [0.25, 0.3) is 0 Å². The van der Waals surface area contributed by atoms with Crippen LogP contribution >= 0.6 is 19.6 Å². The molecule has 1 heterocycles. The average Bonchev–Trinajstić information content (AvgIpc) is 2.98. The zero-order valence-corrected chi connectivity index (χ0v) is 25.6. The molecule has 4 aromatic carbocycles. The molecular formula is C32H29O9PS. The zero-order chi connectivity index (χ0) is 30.4. The Morgan fingerprint density at radius 3 is 1.77 bits per heavy atom. The van der Waals surface area contributed by atoms with Gasteiger partial charge in [-0.2, -0.15) is 4.57 Å². The normalized spacial score (nSPS) is 11.3. The van der Waals surface area contributed by atoms with Gasteiger partial charge in [-0.15, -0.1) is 0 Å². The molecule has 0 saturated carbocycles. The van der Waals surface area contributed by atoms with E-state index in [0.717, 1.165) is 4.90 Å². The van der Waals surface area contributed by atoms with E-state index in [1.165, 1.54) is 32.0 Å². The zero-order valence-electron chi connectivity index (χ0n) is 23.8. The van der Waals surface area contributed by atoms with Crippen molar-refractivity contribution in [2.24, 2.45) is 0 Å². The maximum Gasteiger partial charge on any atom is 0.647 e. The lowest BCUT2D eigenvalue weighted by Gasteiger charge is -2.19. The lowest BCUT2D eigenvalue weighted by atomic mass is 10.1. The number of hydrogen-bond donors (Lipinski definition) is 0. The molecule has 0 aliphatic rings. The summed E-state index contributed by atoms with van der Waals surface area (Å²) in [7, 11) is -1.19. The number of phosphoric acid groups is 1. The molecule has 0 N–H and O–H groups in total. The molecule has 0 spiro atoms. The van der Waals surface area contributed by atoms with E-state index in [9.17, 15) is 9.36 Å². The first-order valence-corrected chi connectivity index (χ1v) is 15.5. The predicted molar refractivity (Wildman–Crippen MR) is 164 cm³/mol. The third kappa shape index (κ3) is 7.28. The smallest absolute Gasteiger partial charge is 0.492 e. The summed E-state index contributed by atoms with van der Waals surface area (Å²) in [5, 5.41) is 0.593. The largest absolute Gasteiger partial charge is 0.647 e. The number of hydrogen-bond acceptors (Lipinski definition) is 10. The van der Waals surface area contributed by atoms with E-state index in [4.69, 9.17) is 32.2 Å². The molecular weight excluding hydrogens is 591 g/mol. The minimum absolute atomic E-state index is 0.146. The van der Waals surface area contributed by atoms with E-state index in [0.29, 0.717) is 33.7 Å². The Morgan fingerprint density at radius 1 is 0.721 bits per heavy atom. The van der Waals surface area contributed by atoms with Crippen LogP contribution in [0.15, 0.2) is 116 Å². The van der Waals surface area contributed by atoms with Crippen LogP contribution in [-0.2, 0) is 4.57 Å². The molecule has 0 aliphatic carbocycles. The van der Waals surface area contributed by atoms with Crippen LogP contribution in [0, 0.1) is 0 Å². The van der Waals surface area contributed by atoms with Crippen LogP contribution in [0.4, 0.5) is 0 Å². The number of para-hydroxylation sites is 2. The number of rotatable bonds is 12. The van der Waals surface area contributed by atoms with Crippen LogP contribution in [0.25, 0.3) is 11.0 Å². The molecule has 0 saturated heterocycles. The fourth-order valence-electron chi connectivity index (χ4n) is 4.10. The second-order valence-corrected chi connectivity index (χ2v) is 11.9. The molecule has 43 heavy (non-hydrogen) atoms. The molecule has 0 aliphatic heterocycles. The van der Waals surface area contributed by atoms with Crippen molar-refractivity contribution < 1.29 is 36.8 Å². The molecule has 9 nitrogen and oxygen atoms in total. The fraction of sp³-hybridized carbons (Fsp3) is 0.156. The Labute approximate surface area is 252 Å². The lowest BCUT2D eigenvalue weighted by molar-refractivity contribution is 0.226. The van der Waals surface area contributed by atoms with E-state index < -0.39 is 7.82 Å². The molecule has 11 heteroatoms. The number of fused-ring (bicyclic) bond motifs is 1. The van der Waals surface area contributed by atoms with Crippen LogP contribution in [0.2, 0.25) is 0 Å². The Bertz CT molecular complexity index is 1740. The van der Waals surface area contributed by atoms with E-state index >= 15 is 0 Å². The van der Waals surface area contributed by atoms with Crippen molar-refractivity contribution in [3.8, 4) is 34.5 Å². The third-order valence-electron chi connectivity index (χ3n) is 5.82. The lowest BCUT2D eigenvalue weighted by Crippen LogP contribution is -2.09. The van der Waals surface area contributed by atoms with Crippen LogP contribution in [-0.4, -0.2) is 20.3 Å². The number of phosphoric ester groups is 1. The first-order chi connectivity index (χ1) is 20.8. The summed E-state index contributed by atoms with van der Waals surface area (Å²) < 4.78 is 53.8. The van der Waals surface area contributed by atoms with Gasteiger partial charge in [0.1, 0.15) is 28.2 Å². The number of benzene rings is 4. The molecule has 0 amide bonds. The van der Waals surface area contributed by atoms with Gasteiger partial charge < -0.3 is 32.2 Å². The van der Waals surface area contributed by atoms with E-state index in [2.05, 4.69) is 0 Å². The van der Waals surface area contributed by atoms with Crippen LogP contribution in [0.1, 0.15) is 13.8 Å². The average molecular weight is 621 g/mol. The summed E-state index contributed by atoms with van der Waals surface area (Å²) in [5.41, 5.74) is -0.00711. The molecule has 0 unspecified atom stereocenters. The Morgan fingerprint density at radius 2 is 1.26 bits per heavy atom. The van der Waals surface area contributed by atoms with Crippen LogP contribution in [0.3, 0.4) is 0 Å². The maximum absolute atomic E-state index is 13.7. The van der Waals surface area contributed by atoms with E-state index in [1.807, 2.05) is 26.0 Å². The van der Waals surface area contributed by atoms with Crippen LogP contribution < -0.4 is 33.2 Å². The number of ether oxygens (including phenoxy) is 3. The van der Waals surface area contributed by atoms with Crippen molar-refractivity contribution in [2.75, 3.05) is 14.2 Å². The second-order valence-electron chi connectivity index (χ2n) is 9.33. The third-order valence-corrected chi connectivity index (χ3v) is 8.04. The maximum atomic E-state index is 13.7. The summed E-state index contributed by atoms with van der Waals surface area (Å²) in [6.07, 6.45) is -0.146. The monoisotopic (exact) mass is 620 g/mol. The molecule has 0 radical (unpaired) electrons. The van der Waals surface area contributed by atoms with Gasteiger partial charge in [0, 0.05) is 17.0 Å². The quantitative estimate of drug-likeness (QED) is 0.126. The molecule has 1 aromatic heterocycles. The highest BCUT2D eigenvalue weighted by atomic mass is 32.2. The molecule has 0 bridgehead atoms. The first kappa shape index (κ1) is 29.9. The highest BCUT2D eigenvalue weighted by Crippen LogP contribution is 2.50. The van der Waals surface area contributed by atoms with Crippen molar-refractivity contribution in [1.29, 1.82) is 0 Å². The highest BCUT2D eigenvalue weighted by Gasteiger charge is 2.33. The van der Waals surface area contributed by atoms with Crippen molar-refractivity contribution in [2.45, 2.75) is 29.9 Å². The summed E-state index contributed by atoms with van der Waals surface area (Å²) in [5.74, 6) is 1.87. The molecule has 5 rings (SSSR count). The Hall–Kier alpha value is -4.53. The summed E-state index contributed by atoms with van der Waals surface area (Å²) in [6, 6.07) is 27.0. The molecule has 5 aromatic rings. The SMILES string of the molecule is COc1c(OC(C)C)cc2oc(Sc3ccc(OP(=O)(Oc4ccccc4)Oc4ccccc4)cc3)cc(=O)c2c1OC. The van der Waals surface area contributed by atoms with E-state index in [-0.39, 0.29) is 28.4 Å². The summed E-state index contributed by atoms with van der Waals surface area (Å²) in [6.45, 7) is 3.76. The standard InChI is InChI=1S/C32H29O9PS/c1-21(2)37-28-20-27-30(32(36-4)31(28)35-3)26(33)19-29(38-27)43-25-17-15-24(16-18-25)41-42(34,39-22-11-7-5-8-12-22)40-23-13-9-6-10-14-23/h5-21H,1-4H3. The highest BCUT2D eigenvalue weighted by molar-refractivity contribution is 7.99. The van der Waals surface area contributed by atoms with Gasteiger partial charge >= 0.3 is 7.82 Å². The van der Waals surface area contributed by atoms with Crippen molar-refractivity contribution in [3.63, 3.8) is 0 Å². The molecule has 0 fully saturated rings. The van der Waals surface area contributed by atoms with Gasteiger partial charge in [0.05, 0.1) is 20.3 Å². The Balaban J connectivity index is 1.40. The molecule has 0 atom stereocenters.